The number of ether oxygens (including phenoxy) is 1. The lowest BCUT2D eigenvalue weighted by molar-refractivity contribution is -0.164. The highest BCUT2D eigenvalue weighted by Crippen LogP contribution is 2.58. The molecular weight excluding hydrogens is 462 g/mol. The number of carbonyl (C=O) groups excluding carboxylic acids is 2. The number of hydrogen-bond donors (Lipinski definition) is 1. The van der Waals surface area contributed by atoms with Gasteiger partial charge in [-0.2, -0.15) is 0 Å². The second-order valence-corrected chi connectivity index (χ2v) is 12.1. The summed E-state index contributed by atoms with van der Waals surface area (Å²) in [6.07, 6.45) is 6.77. The molecule has 0 radical (unpaired) electrons. The van der Waals surface area contributed by atoms with Crippen molar-refractivity contribution in [3.63, 3.8) is 0 Å². The Balaban J connectivity index is 1.37. The summed E-state index contributed by atoms with van der Waals surface area (Å²) in [5.74, 6) is 0.649. The smallest absolute Gasteiger partial charge is 0.312 e. The van der Waals surface area contributed by atoms with Gasteiger partial charge in [0.25, 0.3) is 0 Å². The van der Waals surface area contributed by atoms with Crippen molar-refractivity contribution >= 4 is 11.9 Å². The van der Waals surface area contributed by atoms with Crippen LogP contribution < -0.4 is 0 Å². The maximum Gasteiger partial charge on any atom is 0.312 e. The molecule has 3 aliphatic rings. The fourth-order valence-electron chi connectivity index (χ4n) is 7.93. The summed E-state index contributed by atoms with van der Waals surface area (Å²) in [6, 6.07) is 15.9. The number of aromatic hydroxyl groups is 1. The molecule has 0 bridgehead atoms. The average molecular weight is 504 g/mol. The molecule has 2 fully saturated rings. The molecule has 2 aromatic rings. The van der Waals surface area contributed by atoms with Crippen LogP contribution in [0.25, 0.3) is 0 Å². The van der Waals surface area contributed by atoms with E-state index in [-0.39, 0.29) is 23.2 Å². The van der Waals surface area contributed by atoms with Crippen LogP contribution in [0.2, 0.25) is 0 Å². The first-order valence-corrected chi connectivity index (χ1v) is 14.0. The van der Waals surface area contributed by atoms with E-state index in [9.17, 15) is 14.7 Å². The largest absolute Gasteiger partial charge is 0.508 e. The minimum absolute atomic E-state index is 0.118. The lowest BCUT2D eigenvalue weighted by atomic mass is 9.49. The van der Waals surface area contributed by atoms with Crippen LogP contribution in [0.15, 0.2) is 48.5 Å². The number of nitrogens with zero attached hydrogens (tertiary/aromatic N) is 1. The summed E-state index contributed by atoms with van der Waals surface area (Å²) in [7, 11) is 0. The van der Waals surface area contributed by atoms with Crippen molar-refractivity contribution in [2.45, 2.75) is 77.6 Å². The number of piperidine rings is 1. The topological polar surface area (TPSA) is 66.8 Å². The van der Waals surface area contributed by atoms with Crippen molar-refractivity contribution in [2.24, 2.45) is 16.7 Å². The molecule has 1 N–H and O–H groups in total. The number of phenols is 1. The van der Waals surface area contributed by atoms with E-state index in [1.807, 2.05) is 36.1 Å². The molecule has 0 aromatic heterocycles. The Labute approximate surface area is 221 Å². The van der Waals surface area contributed by atoms with Crippen molar-refractivity contribution in [1.82, 2.24) is 4.90 Å². The predicted molar refractivity (Wildman–Crippen MR) is 144 cm³/mol. The van der Waals surface area contributed by atoms with Crippen molar-refractivity contribution in [2.75, 3.05) is 19.7 Å². The number of aryl methyl sites for hydroxylation is 1. The molecule has 5 heteroatoms. The molecule has 37 heavy (non-hydrogen) atoms. The van der Waals surface area contributed by atoms with Crippen LogP contribution in [0.3, 0.4) is 0 Å². The zero-order chi connectivity index (χ0) is 26.3. The summed E-state index contributed by atoms with van der Waals surface area (Å²) in [5, 5.41) is 10.3. The maximum atomic E-state index is 14.3. The number of benzene rings is 2. The van der Waals surface area contributed by atoms with E-state index >= 15 is 0 Å². The summed E-state index contributed by atoms with van der Waals surface area (Å²) < 4.78 is 5.55. The third-order valence-corrected chi connectivity index (χ3v) is 9.93. The lowest BCUT2D eigenvalue weighted by Crippen LogP contribution is -2.58. The van der Waals surface area contributed by atoms with Crippen molar-refractivity contribution in [1.29, 1.82) is 0 Å². The zero-order valence-electron chi connectivity index (χ0n) is 22.6. The van der Waals surface area contributed by atoms with Crippen LogP contribution in [0.4, 0.5) is 0 Å². The second kappa shape index (κ2) is 9.81. The molecule has 5 rings (SSSR count). The van der Waals surface area contributed by atoms with Gasteiger partial charge in [-0.25, -0.2) is 0 Å². The number of fused-ring (bicyclic) bond motifs is 3. The van der Waals surface area contributed by atoms with E-state index < -0.39 is 10.8 Å². The van der Waals surface area contributed by atoms with E-state index in [4.69, 9.17) is 4.74 Å². The van der Waals surface area contributed by atoms with Gasteiger partial charge in [-0.15, -0.1) is 0 Å². The monoisotopic (exact) mass is 503 g/mol. The molecule has 1 heterocycles. The SMILES string of the molecule is CCOC(=O)C1(Cc2ccccc2)CCN(C(=O)[C@@]2(C)CCC[C@]3(C)c4cc(O)ccc4CC[C@@H]23)CC1. The molecule has 2 aromatic carbocycles. The molecule has 2 aliphatic carbocycles. The molecule has 5 nitrogen and oxygen atoms in total. The van der Waals surface area contributed by atoms with Crippen molar-refractivity contribution < 1.29 is 19.4 Å². The van der Waals surface area contributed by atoms with Crippen LogP contribution >= 0.6 is 0 Å². The average Bonchev–Trinajstić information content (AvgIpc) is 2.89. The highest BCUT2D eigenvalue weighted by molar-refractivity contribution is 5.84. The Morgan fingerprint density at radius 2 is 1.76 bits per heavy atom. The highest BCUT2D eigenvalue weighted by Gasteiger charge is 2.56. The van der Waals surface area contributed by atoms with Gasteiger partial charge in [0.2, 0.25) is 5.91 Å². The fourth-order valence-corrected chi connectivity index (χ4v) is 7.93. The molecule has 1 saturated heterocycles. The van der Waals surface area contributed by atoms with Crippen molar-refractivity contribution in [3.8, 4) is 5.75 Å². The maximum absolute atomic E-state index is 14.3. The molecule has 0 unspecified atom stereocenters. The Hall–Kier alpha value is -2.82. The van der Waals surface area contributed by atoms with E-state index in [0.717, 1.165) is 37.7 Å². The van der Waals surface area contributed by atoms with Gasteiger partial charge in [0, 0.05) is 13.1 Å². The summed E-state index contributed by atoms with van der Waals surface area (Å²) >= 11 is 0. The van der Waals surface area contributed by atoms with Crippen LogP contribution in [0.1, 0.15) is 76.0 Å². The van der Waals surface area contributed by atoms with Crippen LogP contribution in [0, 0.1) is 16.7 Å². The summed E-state index contributed by atoms with van der Waals surface area (Å²) in [6.45, 7) is 7.88. The minimum Gasteiger partial charge on any atom is -0.508 e. The van der Waals surface area contributed by atoms with Crippen LogP contribution in [0.5, 0.6) is 5.75 Å². The van der Waals surface area contributed by atoms with Gasteiger partial charge in [0.15, 0.2) is 0 Å². The Morgan fingerprint density at radius 1 is 1.03 bits per heavy atom. The number of likely N-dealkylation sites (tertiary alicyclic amines) is 1. The molecule has 0 spiro atoms. The number of amides is 1. The molecule has 1 saturated carbocycles. The summed E-state index contributed by atoms with van der Waals surface area (Å²) in [5.41, 5.74) is 2.52. The van der Waals surface area contributed by atoms with Crippen LogP contribution in [-0.2, 0) is 32.6 Å². The number of phenolic OH excluding ortho intramolecular Hbond substituents is 1. The number of hydrogen-bond acceptors (Lipinski definition) is 4. The van der Waals surface area contributed by atoms with Gasteiger partial charge in [0.1, 0.15) is 5.75 Å². The Morgan fingerprint density at radius 3 is 2.46 bits per heavy atom. The van der Waals surface area contributed by atoms with Gasteiger partial charge in [-0.3, -0.25) is 9.59 Å². The van der Waals surface area contributed by atoms with Gasteiger partial charge in [-0.05, 0) is 92.0 Å². The fraction of sp³-hybridized carbons (Fsp3) is 0.562. The number of rotatable bonds is 5. The molecule has 3 atom stereocenters. The van der Waals surface area contributed by atoms with E-state index in [1.54, 1.807) is 6.07 Å². The Bertz CT molecular complexity index is 1150. The third-order valence-electron chi connectivity index (χ3n) is 9.93. The molecular formula is C32H41NO4. The van der Waals surface area contributed by atoms with E-state index in [0.29, 0.717) is 44.7 Å². The lowest BCUT2D eigenvalue weighted by Gasteiger charge is -2.56. The third kappa shape index (κ3) is 4.45. The van der Waals surface area contributed by atoms with Crippen molar-refractivity contribution in [3.05, 3.63) is 65.2 Å². The molecule has 1 aliphatic heterocycles. The zero-order valence-corrected chi connectivity index (χ0v) is 22.6. The highest BCUT2D eigenvalue weighted by atomic mass is 16.5. The Kier molecular flexibility index (Phi) is 6.84. The predicted octanol–water partition coefficient (Wildman–Crippen LogP) is 5.82. The normalized spacial score (nSPS) is 28.6. The van der Waals surface area contributed by atoms with Gasteiger partial charge >= 0.3 is 5.97 Å². The number of carbonyl (C=O) groups is 2. The van der Waals surface area contributed by atoms with Gasteiger partial charge < -0.3 is 14.7 Å². The first kappa shape index (κ1) is 25.8. The number of esters is 1. The second-order valence-electron chi connectivity index (χ2n) is 12.1. The quantitative estimate of drug-likeness (QED) is 0.523. The first-order valence-electron chi connectivity index (χ1n) is 14.0. The van der Waals surface area contributed by atoms with E-state index in [1.165, 1.54) is 11.1 Å². The van der Waals surface area contributed by atoms with Gasteiger partial charge in [-0.1, -0.05) is 56.7 Å². The molecule has 1 amide bonds. The standard InChI is InChI=1S/C32H41NO4/c1-4-37-29(36)32(22-23-9-6-5-7-10-23)17-19-33(20-18-32)28(35)31(3)16-8-15-30(2)26-21-25(34)13-11-24(26)12-14-27(30)31/h5-7,9-11,13,21,27,34H,4,8,12,14-20,22H2,1-3H3/t27-,30-,31+/m1/s1. The van der Waals surface area contributed by atoms with Gasteiger partial charge in [0.05, 0.1) is 17.4 Å². The summed E-state index contributed by atoms with van der Waals surface area (Å²) in [4.78, 5) is 29.5. The van der Waals surface area contributed by atoms with E-state index in [2.05, 4.69) is 32.0 Å². The minimum atomic E-state index is -0.586. The van der Waals surface area contributed by atoms with Crippen LogP contribution in [-0.4, -0.2) is 41.6 Å². The molecule has 198 valence electrons. The first-order chi connectivity index (χ1) is 17.7.